The highest BCUT2D eigenvalue weighted by atomic mass is 16.5. The molecule has 2 rings (SSSR count). The van der Waals surface area contributed by atoms with Crippen molar-refractivity contribution in [1.29, 1.82) is 0 Å². The van der Waals surface area contributed by atoms with E-state index in [9.17, 15) is 9.59 Å². The Balaban J connectivity index is 2.10. The van der Waals surface area contributed by atoms with Gasteiger partial charge in [-0.1, -0.05) is 55.8 Å². The molecule has 0 saturated carbocycles. The van der Waals surface area contributed by atoms with Gasteiger partial charge in [0.05, 0.1) is 0 Å². The Morgan fingerprint density at radius 3 is 2.17 bits per heavy atom. The number of amides is 2. The van der Waals surface area contributed by atoms with Gasteiger partial charge in [0, 0.05) is 13.1 Å². The van der Waals surface area contributed by atoms with E-state index in [1.165, 1.54) is 5.56 Å². The van der Waals surface area contributed by atoms with Gasteiger partial charge in [-0.05, 0) is 49.9 Å². The lowest BCUT2D eigenvalue weighted by molar-refractivity contribution is -0.142. The first-order valence-electron chi connectivity index (χ1n) is 10.2. The van der Waals surface area contributed by atoms with Crippen LogP contribution in [0.2, 0.25) is 0 Å². The second kappa shape index (κ2) is 10.6. The standard InChI is InChI=1S/C24H32N2O3/c1-6-25-24(28)19(5)26(15-20-9-7-18(4)8-10-20)23(27)16-29-22-13-11-21(12-14-22)17(2)3/h7-14,17,19H,6,15-16H2,1-5H3,(H,25,28)/t19-/m1/s1. The van der Waals surface area contributed by atoms with Gasteiger partial charge in [-0.2, -0.15) is 0 Å². The molecule has 5 nitrogen and oxygen atoms in total. The van der Waals surface area contributed by atoms with Gasteiger partial charge in [0.2, 0.25) is 5.91 Å². The Morgan fingerprint density at radius 2 is 1.62 bits per heavy atom. The third kappa shape index (κ3) is 6.63. The molecule has 0 aliphatic rings. The van der Waals surface area contributed by atoms with Crippen LogP contribution in [0.15, 0.2) is 48.5 Å². The first-order chi connectivity index (χ1) is 13.8. The molecule has 156 valence electrons. The summed E-state index contributed by atoms with van der Waals surface area (Å²) in [5.41, 5.74) is 3.34. The molecule has 0 aromatic heterocycles. The predicted octanol–water partition coefficient (Wildman–Crippen LogP) is 4.05. The molecular formula is C24H32N2O3. The van der Waals surface area contributed by atoms with Crippen molar-refractivity contribution in [1.82, 2.24) is 10.2 Å². The van der Waals surface area contributed by atoms with E-state index in [1.807, 2.05) is 62.4 Å². The quantitative estimate of drug-likeness (QED) is 0.696. The van der Waals surface area contributed by atoms with E-state index in [0.29, 0.717) is 24.8 Å². The van der Waals surface area contributed by atoms with Crippen LogP contribution in [0, 0.1) is 6.92 Å². The molecule has 0 fully saturated rings. The van der Waals surface area contributed by atoms with E-state index in [0.717, 1.165) is 11.1 Å². The number of carbonyl (C=O) groups is 2. The fourth-order valence-corrected chi connectivity index (χ4v) is 2.97. The molecule has 0 bridgehead atoms. The molecular weight excluding hydrogens is 364 g/mol. The minimum absolute atomic E-state index is 0.114. The molecule has 29 heavy (non-hydrogen) atoms. The van der Waals surface area contributed by atoms with E-state index in [-0.39, 0.29) is 18.4 Å². The topological polar surface area (TPSA) is 58.6 Å². The van der Waals surface area contributed by atoms with Gasteiger partial charge < -0.3 is 15.0 Å². The number of benzene rings is 2. The van der Waals surface area contributed by atoms with Crippen molar-refractivity contribution in [2.45, 2.75) is 53.1 Å². The molecule has 2 amide bonds. The van der Waals surface area contributed by atoms with Gasteiger partial charge in [0.15, 0.2) is 6.61 Å². The monoisotopic (exact) mass is 396 g/mol. The molecule has 0 saturated heterocycles. The van der Waals surface area contributed by atoms with E-state index < -0.39 is 6.04 Å². The highest BCUT2D eigenvalue weighted by Crippen LogP contribution is 2.19. The van der Waals surface area contributed by atoms with Crippen LogP contribution >= 0.6 is 0 Å². The van der Waals surface area contributed by atoms with Crippen molar-refractivity contribution in [3.05, 3.63) is 65.2 Å². The fourth-order valence-electron chi connectivity index (χ4n) is 2.97. The molecule has 2 aromatic rings. The minimum Gasteiger partial charge on any atom is -0.484 e. The van der Waals surface area contributed by atoms with Crippen molar-refractivity contribution in [3.8, 4) is 5.75 Å². The van der Waals surface area contributed by atoms with E-state index >= 15 is 0 Å². The second-order valence-corrected chi connectivity index (χ2v) is 7.59. The smallest absolute Gasteiger partial charge is 0.261 e. The zero-order valence-corrected chi connectivity index (χ0v) is 18.1. The van der Waals surface area contributed by atoms with E-state index in [4.69, 9.17) is 4.74 Å². The minimum atomic E-state index is -0.587. The number of nitrogens with one attached hydrogen (secondary N) is 1. The number of hydrogen-bond acceptors (Lipinski definition) is 3. The number of rotatable bonds is 9. The number of aryl methyl sites for hydroxylation is 1. The van der Waals surface area contributed by atoms with Crippen LogP contribution in [0.4, 0.5) is 0 Å². The van der Waals surface area contributed by atoms with Crippen LogP contribution in [0.25, 0.3) is 0 Å². The van der Waals surface area contributed by atoms with Crippen LogP contribution in [0.5, 0.6) is 5.75 Å². The van der Waals surface area contributed by atoms with Gasteiger partial charge in [-0.3, -0.25) is 9.59 Å². The molecule has 0 aliphatic carbocycles. The zero-order valence-electron chi connectivity index (χ0n) is 18.1. The van der Waals surface area contributed by atoms with Crippen molar-refractivity contribution in [3.63, 3.8) is 0 Å². The molecule has 0 spiro atoms. The third-order valence-electron chi connectivity index (χ3n) is 4.90. The van der Waals surface area contributed by atoms with Crippen LogP contribution in [0.1, 0.15) is 50.3 Å². The molecule has 2 aromatic carbocycles. The molecule has 1 N–H and O–H groups in total. The average molecular weight is 397 g/mol. The summed E-state index contributed by atoms with van der Waals surface area (Å²) in [5.74, 6) is 0.684. The number of ether oxygens (including phenoxy) is 1. The average Bonchev–Trinajstić information content (AvgIpc) is 2.71. The molecule has 0 heterocycles. The summed E-state index contributed by atoms with van der Waals surface area (Å²) < 4.78 is 5.71. The molecule has 0 aliphatic heterocycles. The summed E-state index contributed by atoms with van der Waals surface area (Å²) in [6.45, 7) is 10.6. The Morgan fingerprint density at radius 1 is 1.00 bits per heavy atom. The normalized spacial score (nSPS) is 11.8. The first-order valence-corrected chi connectivity index (χ1v) is 10.2. The summed E-state index contributed by atoms with van der Waals surface area (Å²) in [7, 11) is 0. The first kappa shape index (κ1) is 22.5. The Hall–Kier alpha value is -2.82. The highest BCUT2D eigenvalue weighted by molar-refractivity contribution is 5.87. The largest absolute Gasteiger partial charge is 0.484 e. The lowest BCUT2D eigenvalue weighted by Crippen LogP contribution is -2.49. The maximum atomic E-state index is 12.9. The number of hydrogen-bond donors (Lipinski definition) is 1. The van der Waals surface area contributed by atoms with Crippen molar-refractivity contribution in [2.75, 3.05) is 13.2 Å². The lowest BCUT2D eigenvalue weighted by Gasteiger charge is -2.28. The van der Waals surface area contributed by atoms with Gasteiger partial charge in [0.1, 0.15) is 11.8 Å². The Kier molecular flexibility index (Phi) is 8.25. The van der Waals surface area contributed by atoms with Crippen LogP contribution in [-0.4, -0.2) is 35.9 Å². The molecule has 1 atom stereocenters. The van der Waals surface area contributed by atoms with Crippen molar-refractivity contribution in [2.24, 2.45) is 0 Å². The summed E-state index contributed by atoms with van der Waals surface area (Å²) in [6.07, 6.45) is 0. The van der Waals surface area contributed by atoms with Crippen molar-refractivity contribution < 1.29 is 14.3 Å². The van der Waals surface area contributed by atoms with Crippen LogP contribution in [-0.2, 0) is 16.1 Å². The maximum absolute atomic E-state index is 12.9. The van der Waals surface area contributed by atoms with Gasteiger partial charge >= 0.3 is 0 Å². The van der Waals surface area contributed by atoms with E-state index in [1.54, 1.807) is 11.8 Å². The van der Waals surface area contributed by atoms with E-state index in [2.05, 4.69) is 19.2 Å². The predicted molar refractivity (Wildman–Crippen MR) is 116 cm³/mol. The number of carbonyl (C=O) groups excluding carboxylic acids is 2. The lowest BCUT2D eigenvalue weighted by atomic mass is 10.0. The number of nitrogens with zero attached hydrogens (tertiary/aromatic N) is 1. The SMILES string of the molecule is CCNC(=O)[C@@H](C)N(Cc1ccc(C)cc1)C(=O)COc1ccc(C(C)C)cc1. The second-order valence-electron chi connectivity index (χ2n) is 7.59. The van der Waals surface area contributed by atoms with Gasteiger partial charge in [-0.25, -0.2) is 0 Å². The number of likely N-dealkylation sites (N-methyl/N-ethyl adjacent to an activating group) is 1. The highest BCUT2D eigenvalue weighted by Gasteiger charge is 2.26. The van der Waals surface area contributed by atoms with Gasteiger partial charge in [-0.15, -0.1) is 0 Å². The molecule has 0 unspecified atom stereocenters. The van der Waals surface area contributed by atoms with Crippen LogP contribution in [0.3, 0.4) is 0 Å². The fraction of sp³-hybridized carbons (Fsp3) is 0.417. The summed E-state index contributed by atoms with van der Waals surface area (Å²) in [4.78, 5) is 26.9. The maximum Gasteiger partial charge on any atom is 0.261 e. The summed E-state index contributed by atoms with van der Waals surface area (Å²) >= 11 is 0. The van der Waals surface area contributed by atoms with Crippen LogP contribution < -0.4 is 10.1 Å². The zero-order chi connectivity index (χ0) is 21.4. The van der Waals surface area contributed by atoms with Gasteiger partial charge in [0.25, 0.3) is 5.91 Å². The summed E-state index contributed by atoms with van der Waals surface area (Å²) in [5, 5.41) is 2.79. The Labute approximate surface area is 174 Å². The van der Waals surface area contributed by atoms with Crippen molar-refractivity contribution >= 4 is 11.8 Å². The molecule has 0 radical (unpaired) electrons. The third-order valence-corrected chi connectivity index (χ3v) is 4.90. The Bertz CT molecular complexity index is 798. The molecule has 5 heteroatoms. The summed E-state index contributed by atoms with van der Waals surface area (Å²) in [6, 6.07) is 15.1.